The van der Waals surface area contributed by atoms with Crippen molar-refractivity contribution in [3.63, 3.8) is 0 Å². The van der Waals surface area contributed by atoms with E-state index >= 15 is 0 Å². The molecule has 0 fully saturated rings. The summed E-state index contributed by atoms with van der Waals surface area (Å²) in [6.07, 6.45) is 3.67. The van der Waals surface area contributed by atoms with E-state index in [0.717, 1.165) is 28.3 Å². The van der Waals surface area contributed by atoms with Gasteiger partial charge in [-0.15, -0.1) is 0 Å². The van der Waals surface area contributed by atoms with E-state index in [2.05, 4.69) is 29.4 Å². The maximum absolute atomic E-state index is 5.40. The van der Waals surface area contributed by atoms with Crippen molar-refractivity contribution in [2.45, 2.75) is 19.9 Å². The second-order valence-electron chi connectivity index (χ2n) is 4.73. The minimum Gasteiger partial charge on any atom is -0.454 e. The average molecular weight is 256 g/mol. The van der Waals surface area contributed by atoms with Crippen LogP contribution in [0.2, 0.25) is 0 Å². The minimum atomic E-state index is 0.179. The van der Waals surface area contributed by atoms with Crippen molar-refractivity contribution in [1.29, 1.82) is 0 Å². The quantitative estimate of drug-likeness (QED) is 0.915. The fraction of sp³-hybridized carbons (Fsp3) is 0.267. The van der Waals surface area contributed by atoms with Gasteiger partial charge in [0.05, 0.1) is 5.69 Å². The molecule has 2 heterocycles. The van der Waals surface area contributed by atoms with Crippen LogP contribution in [0, 0.1) is 6.92 Å². The molecular formula is C15H16N2O2. The molecule has 0 amide bonds. The van der Waals surface area contributed by atoms with Crippen molar-refractivity contribution in [1.82, 2.24) is 4.98 Å². The SMILES string of the molecule is Cc1cncc(NC(C)c2ccc3c(c2)OCO3)c1. The van der Waals surface area contributed by atoms with Gasteiger partial charge in [-0.2, -0.15) is 0 Å². The number of ether oxygens (including phenoxy) is 2. The van der Waals surface area contributed by atoms with Gasteiger partial charge in [-0.1, -0.05) is 6.07 Å². The van der Waals surface area contributed by atoms with Crippen LogP contribution in [0.15, 0.2) is 36.7 Å². The summed E-state index contributed by atoms with van der Waals surface area (Å²) in [6, 6.07) is 8.27. The molecule has 1 aliphatic heterocycles. The highest BCUT2D eigenvalue weighted by Gasteiger charge is 2.15. The van der Waals surface area contributed by atoms with Crippen molar-refractivity contribution in [3.8, 4) is 11.5 Å². The third kappa shape index (κ3) is 2.47. The van der Waals surface area contributed by atoms with Crippen LogP contribution in [0.5, 0.6) is 11.5 Å². The first kappa shape index (κ1) is 11.8. The Kier molecular flexibility index (Phi) is 2.99. The first-order valence-electron chi connectivity index (χ1n) is 6.30. The Bertz CT molecular complexity index is 598. The lowest BCUT2D eigenvalue weighted by Gasteiger charge is -2.16. The van der Waals surface area contributed by atoms with Gasteiger partial charge in [0.1, 0.15) is 0 Å². The Morgan fingerprint density at radius 2 is 2.00 bits per heavy atom. The molecule has 0 spiro atoms. The topological polar surface area (TPSA) is 43.4 Å². The number of rotatable bonds is 3. The molecule has 4 heteroatoms. The molecule has 0 bridgehead atoms. The minimum absolute atomic E-state index is 0.179. The smallest absolute Gasteiger partial charge is 0.231 e. The Balaban J connectivity index is 1.78. The first-order valence-corrected chi connectivity index (χ1v) is 6.30. The number of aromatic nitrogens is 1. The lowest BCUT2D eigenvalue weighted by Crippen LogP contribution is -2.06. The third-order valence-electron chi connectivity index (χ3n) is 3.15. The number of anilines is 1. The van der Waals surface area contributed by atoms with Gasteiger partial charge in [0.2, 0.25) is 6.79 Å². The van der Waals surface area contributed by atoms with Crippen LogP contribution >= 0.6 is 0 Å². The molecule has 3 rings (SSSR count). The van der Waals surface area contributed by atoms with Crippen LogP contribution in [0.25, 0.3) is 0 Å². The van der Waals surface area contributed by atoms with Crippen molar-refractivity contribution in [2.24, 2.45) is 0 Å². The zero-order valence-corrected chi connectivity index (χ0v) is 11.0. The molecule has 98 valence electrons. The summed E-state index contributed by atoms with van der Waals surface area (Å²) in [4.78, 5) is 4.18. The lowest BCUT2D eigenvalue weighted by atomic mass is 10.1. The molecule has 0 aliphatic carbocycles. The summed E-state index contributed by atoms with van der Waals surface area (Å²) in [5.74, 6) is 1.63. The molecule has 2 aromatic rings. The van der Waals surface area contributed by atoms with Gasteiger partial charge in [-0.25, -0.2) is 0 Å². The van der Waals surface area contributed by atoms with E-state index in [1.807, 2.05) is 31.5 Å². The molecule has 19 heavy (non-hydrogen) atoms. The van der Waals surface area contributed by atoms with Gasteiger partial charge in [-0.05, 0) is 43.2 Å². The molecule has 1 atom stereocenters. The maximum atomic E-state index is 5.40. The predicted octanol–water partition coefficient (Wildman–Crippen LogP) is 3.29. The number of pyridine rings is 1. The van der Waals surface area contributed by atoms with Gasteiger partial charge >= 0.3 is 0 Å². The summed E-state index contributed by atoms with van der Waals surface area (Å²) >= 11 is 0. The van der Waals surface area contributed by atoms with E-state index in [4.69, 9.17) is 9.47 Å². The van der Waals surface area contributed by atoms with E-state index in [1.54, 1.807) is 0 Å². The first-order chi connectivity index (χ1) is 9.22. The number of hydrogen-bond donors (Lipinski definition) is 1. The Morgan fingerprint density at radius 3 is 2.84 bits per heavy atom. The van der Waals surface area contributed by atoms with Crippen LogP contribution in [-0.4, -0.2) is 11.8 Å². The monoisotopic (exact) mass is 256 g/mol. The summed E-state index contributed by atoms with van der Waals surface area (Å²) in [7, 11) is 0. The molecule has 0 radical (unpaired) electrons. The zero-order chi connectivity index (χ0) is 13.2. The number of nitrogens with zero attached hydrogens (tertiary/aromatic N) is 1. The second-order valence-corrected chi connectivity index (χ2v) is 4.73. The van der Waals surface area contributed by atoms with Crippen LogP contribution < -0.4 is 14.8 Å². The van der Waals surface area contributed by atoms with Gasteiger partial charge in [-0.3, -0.25) is 4.98 Å². The van der Waals surface area contributed by atoms with E-state index < -0.39 is 0 Å². The summed E-state index contributed by atoms with van der Waals surface area (Å²) in [5, 5.41) is 3.43. The Labute approximate surface area is 112 Å². The summed E-state index contributed by atoms with van der Waals surface area (Å²) in [5.41, 5.74) is 3.32. The Morgan fingerprint density at radius 1 is 1.16 bits per heavy atom. The highest BCUT2D eigenvalue weighted by molar-refractivity contribution is 5.49. The zero-order valence-electron chi connectivity index (χ0n) is 11.0. The van der Waals surface area contributed by atoms with Gasteiger partial charge < -0.3 is 14.8 Å². The number of fused-ring (bicyclic) bond motifs is 1. The largest absolute Gasteiger partial charge is 0.454 e. The van der Waals surface area contributed by atoms with Crippen molar-refractivity contribution >= 4 is 5.69 Å². The molecule has 0 saturated heterocycles. The number of aryl methyl sites for hydroxylation is 1. The van der Waals surface area contributed by atoms with E-state index in [-0.39, 0.29) is 6.04 Å². The second kappa shape index (κ2) is 4.80. The maximum Gasteiger partial charge on any atom is 0.231 e. The van der Waals surface area contributed by atoms with Crippen LogP contribution in [0.4, 0.5) is 5.69 Å². The van der Waals surface area contributed by atoms with Crippen LogP contribution in [0.1, 0.15) is 24.1 Å². The highest BCUT2D eigenvalue weighted by atomic mass is 16.7. The van der Waals surface area contributed by atoms with Crippen molar-refractivity contribution in [2.75, 3.05) is 12.1 Å². The molecular weight excluding hydrogens is 240 g/mol. The van der Waals surface area contributed by atoms with Crippen molar-refractivity contribution in [3.05, 3.63) is 47.8 Å². The van der Waals surface area contributed by atoms with Gasteiger partial charge in [0, 0.05) is 18.4 Å². The Hall–Kier alpha value is -2.23. The molecule has 1 aromatic heterocycles. The lowest BCUT2D eigenvalue weighted by molar-refractivity contribution is 0.174. The fourth-order valence-electron chi connectivity index (χ4n) is 2.15. The molecule has 1 N–H and O–H groups in total. The predicted molar refractivity (Wildman–Crippen MR) is 73.6 cm³/mol. The standard InChI is InChI=1S/C15H16N2O2/c1-10-5-13(8-16-7-10)17-11(2)12-3-4-14-15(6-12)19-9-18-14/h3-8,11,17H,9H2,1-2H3. The number of hydrogen-bond acceptors (Lipinski definition) is 4. The molecule has 1 aromatic carbocycles. The summed E-state index contributed by atoms with van der Waals surface area (Å²) in [6.45, 7) is 4.45. The number of nitrogens with one attached hydrogen (secondary N) is 1. The van der Waals surface area contributed by atoms with Crippen LogP contribution in [0.3, 0.4) is 0 Å². The molecule has 0 saturated carbocycles. The van der Waals surface area contributed by atoms with E-state index in [1.165, 1.54) is 0 Å². The molecule has 1 aliphatic rings. The van der Waals surface area contributed by atoms with Gasteiger partial charge in [0.15, 0.2) is 11.5 Å². The fourth-order valence-corrected chi connectivity index (χ4v) is 2.15. The normalized spacial score (nSPS) is 14.2. The molecule has 1 unspecified atom stereocenters. The average Bonchev–Trinajstić information content (AvgIpc) is 2.85. The molecule has 4 nitrogen and oxygen atoms in total. The van der Waals surface area contributed by atoms with E-state index in [9.17, 15) is 0 Å². The third-order valence-corrected chi connectivity index (χ3v) is 3.15. The van der Waals surface area contributed by atoms with Gasteiger partial charge in [0.25, 0.3) is 0 Å². The van der Waals surface area contributed by atoms with E-state index in [0.29, 0.717) is 6.79 Å². The van der Waals surface area contributed by atoms with Crippen molar-refractivity contribution < 1.29 is 9.47 Å². The number of benzene rings is 1. The highest BCUT2D eigenvalue weighted by Crippen LogP contribution is 2.34. The van der Waals surface area contributed by atoms with Crippen LogP contribution in [-0.2, 0) is 0 Å². The summed E-state index contributed by atoms with van der Waals surface area (Å²) < 4.78 is 10.7.